The summed E-state index contributed by atoms with van der Waals surface area (Å²) in [4.78, 5) is 31.7. The lowest BCUT2D eigenvalue weighted by atomic mass is 9.89. The fraction of sp³-hybridized carbons (Fsp3) is 0.538. The maximum Gasteiger partial charge on any atom is 0.319 e. The van der Waals surface area contributed by atoms with E-state index >= 15 is 0 Å². The van der Waals surface area contributed by atoms with Crippen molar-refractivity contribution in [3.05, 3.63) is 35.8 Å². The van der Waals surface area contributed by atoms with Gasteiger partial charge in [0.1, 0.15) is 29.5 Å². The lowest BCUT2D eigenvalue weighted by Gasteiger charge is -2.33. The molecule has 1 saturated heterocycles. The molecule has 0 unspecified atom stereocenters. The van der Waals surface area contributed by atoms with Crippen LogP contribution in [0.15, 0.2) is 24.5 Å². The van der Waals surface area contributed by atoms with Gasteiger partial charge >= 0.3 is 6.01 Å². The Morgan fingerprint density at radius 3 is 2.72 bits per heavy atom. The zero-order chi connectivity index (χ0) is 25.7. The fourth-order valence-electron chi connectivity index (χ4n) is 4.49. The highest BCUT2D eigenvalue weighted by Gasteiger charge is 2.26. The summed E-state index contributed by atoms with van der Waals surface area (Å²) in [6, 6.07) is 3.78. The molecular weight excluding hydrogens is 462 g/mol. The highest BCUT2D eigenvalue weighted by atomic mass is 16.5. The van der Waals surface area contributed by atoms with Crippen molar-refractivity contribution in [2.24, 2.45) is 5.92 Å². The molecule has 194 valence electrons. The van der Waals surface area contributed by atoms with Crippen LogP contribution in [0.1, 0.15) is 55.1 Å². The minimum Gasteiger partial charge on any atom is -0.496 e. The van der Waals surface area contributed by atoms with Gasteiger partial charge in [0.05, 0.1) is 18.6 Å². The van der Waals surface area contributed by atoms with Crippen LogP contribution in [-0.2, 0) is 4.74 Å². The van der Waals surface area contributed by atoms with Gasteiger partial charge in [-0.05, 0) is 43.2 Å². The molecule has 3 aromatic rings. The normalized spacial score (nSPS) is 16.2. The lowest BCUT2D eigenvalue weighted by molar-refractivity contribution is 0.0678. The molecule has 4 rings (SSSR count). The number of rotatable bonds is 11. The Morgan fingerprint density at radius 1 is 1.25 bits per heavy atom. The van der Waals surface area contributed by atoms with Crippen LogP contribution in [0, 0.1) is 5.92 Å². The number of piperidine rings is 1. The molecule has 1 aliphatic heterocycles. The number of aromatic nitrogens is 4. The molecule has 0 amide bonds. The zero-order valence-corrected chi connectivity index (χ0v) is 21.4. The number of aliphatic hydroxyl groups is 1. The number of ether oxygens (including phenoxy) is 3. The van der Waals surface area contributed by atoms with Gasteiger partial charge < -0.3 is 29.2 Å². The van der Waals surface area contributed by atoms with E-state index in [1.807, 2.05) is 26.1 Å². The number of anilines is 1. The Kier molecular flexibility index (Phi) is 8.37. The first-order chi connectivity index (χ1) is 17.4. The van der Waals surface area contributed by atoms with Crippen LogP contribution < -0.4 is 14.4 Å². The molecule has 0 aromatic carbocycles. The Balaban J connectivity index is 1.53. The standard InChI is InChI=1S/C26H35N5O5/c1-16(14-32)11-21(33)20-12-23(30-26(29-20)36-15-17(2)34-3)31-9-6-18(7-10-31)19-13-28-25-24(19)22(35-4)5-8-27-25/h5,8,12-13,16-18,32H,6-7,9-11,14-15H2,1-4H3,(H,27,28)/t16-,17-/m1/s1. The predicted molar refractivity (Wildman–Crippen MR) is 136 cm³/mol. The molecule has 36 heavy (non-hydrogen) atoms. The van der Waals surface area contributed by atoms with E-state index in [0.29, 0.717) is 17.4 Å². The summed E-state index contributed by atoms with van der Waals surface area (Å²) >= 11 is 0. The topological polar surface area (TPSA) is 123 Å². The van der Waals surface area contributed by atoms with Crippen molar-refractivity contribution in [2.75, 3.05) is 45.4 Å². The molecule has 4 heterocycles. The monoisotopic (exact) mass is 497 g/mol. The summed E-state index contributed by atoms with van der Waals surface area (Å²) in [5, 5.41) is 10.4. The average Bonchev–Trinajstić information content (AvgIpc) is 3.36. The van der Waals surface area contributed by atoms with E-state index in [0.717, 1.165) is 42.7 Å². The maximum atomic E-state index is 12.9. The fourth-order valence-corrected chi connectivity index (χ4v) is 4.49. The van der Waals surface area contributed by atoms with Crippen LogP contribution in [0.3, 0.4) is 0 Å². The first-order valence-corrected chi connectivity index (χ1v) is 12.4. The molecule has 10 nitrogen and oxygen atoms in total. The number of ketones is 1. The smallest absolute Gasteiger partial charge is 0.319 e. The minimum absolute atomic E-state index is 0.0555. The van der Waals surface area contributed by atoms with Gasteiger partial charge in [0.25, 0.3) is 0 Å². The SMILES string of the molecule is COc1ccnc2[nH]cc(C3CCN(c4cc(C(=O)C[C@@H](C)CO)nc(OC[C@@H](C)OC)n4)CC3)c12. The molecule has 1 aliphatic rings. The van der Waals surface area contributed by atoms with Crippen molar-refractivity contribution < 1.29 is 24.1 Å². The number of carbonyl (C=O) groups is 1. The number of hydrogen-bond acceptors (Lipinski definition) is 9. The van der Waals surface area contributed by atoms with Crippen LogP contribution in [0.4, 0.5) is 5.82 Å². The zero-order valence-electron chi connectivity index (χ0n) is 21.4. The largest absolute Gasteiger partial charge is 0.496 e. The third kappa shape index (κ3) is 5.76. The number of nitrogens with one attached hydrogen (secondary N) is 1. The van der Waals surface area contributed by atoms with E-state index in [2.05, 4.69) is 24.8 Å². The average molecular weight is 498 g/mol. The Bertz CT molecular complexity index is 1170. The number of nitrogens with zero attached hydrogens (tertiary/aromatic N) is 4. The third-order valence-electron chi connectivity index (χ3n) is 6.72. The van der Waals surface area contributed by atoms with Crippen molar-refractivity contribution >= 4 is 22.6 Å². The van der Waals surface area contributed by atoms with E-state index in [1.165, 1.54) is 5.56 Å². The van der Waals surface area contributed by atoms with E-state index in [-0.39, 0.29) is 43.5 Å². The molecule has 2 N–H and O–H groups in total. The number of pyridine rings is 1. The van der Waals surface area contributed by atoms with Gasteiger partial charge in [-0.3, -0.25) is 4.79 Å². The second-order valence-electron chi connectivity index (χ2n) is 9.41. The number of fused-ring (bicyclic) bond motifs is 1. The molecule has 0 bridgehead atoms. The minimum atomic E-state index is -0.146. The summed E-state index contributed by atoms with van der Waals surface area (Å²) in [7, 11) is 3.29. The van der Waals surface area contributed by atoms with E-state index in [4.69, 9.17) is 14.2 Å². The molecule has 0 radical (unpaired) electrons. The quantitative estimate of drug-likeness (QED) is 0.384. The van der Waals surface area contributed by atoms with Crippen LogP contribution in [-0.4, -0.2) is 77.5 Å². The first kappa shape index (κ1) is 25.8. The van der Waals surface area contributed by atoms with Gasteiger partial charge in [-0.15, -0.1) is 0 Å². The van der Waals surface area contributed by atoms with Gasteiger partial charge in [-0.1, -0.05) is 6.92 Å². The Hall–Kier alpha value is -3.24. The second-order valence-corrected chi connectivity index (χ2v) is 9.41. The van der Waals surface area contributed by atoms with Crippen LogP contribution in [0.25, 0.3) is 11.0 Å². The molecule has 0 saturated carbocycles. The maximum absolute atomic E-state index is 12.9. The summed E-state index contributed by atoms with van der Waals surface area (Å²) in [5.41, 5.74) is 2.34. The van der Waals surface area contributed by atoms with Crippen LogP contribution in [0.2, 0.25) is 0 Å². The van der Waals surface area contributed by atoms with Gasteiger partial charge in [0.15, 0.2) is 5.78 Å². The third-order valence-corrected chi connectivity index (χ3v) is 6.72. The molecule has 3 aromatic heterocycles. The summed E-state index contributed by atoms with van der Waals surface area (Å²) in [5.74, 6) is 1.55. The summed E-state index contributed by atoms with van der Waals surface area (Å²) in [6.45, 7) is 5.48. The Morgan fingerprint density at radius 2 is 2.03 bits per heavy atom. The van der Waals surface area contributed by atoms with Crippen molar-refractivity contribution in [3.8, 4) is 11.8 Å². The molecule has 1 fully saturated rings. The van der Waals surface area contributed by atoms with Gasteiger partial charge in [-0.25, -0.2) is 4.98 Å². The van der Waals surface area contributed by atoms with Gasteiger partial charge in [-0.2, -0.15) is 9.97 Å². The van der Waals surface area contributed by atoms with Crippen LogP contribution in [0.5, 0.6) is 11.8 Å². The lowest BCUT2D eigenvalue weighted by Crippen LogP contribution is -2.34. The highest BCUT2D eigenvalue weighted by molar-refractivity contribution is 5.95. The molecule has 0 spiro atoms. The molecule has 0 aliphatic carbocycles. The highest BCUT2D eigenvalue weighted by Crippen LogP contribution is 2.37. The van der Waals surface area contributed by atoms with Crippen LogP contribution >= 0.6 is 0 Å². The van der Waals surface area contributed by atoms with E-state index < -0.39 is 0 Å². The number of hydrogen-bond donors (Lipinski definition) is 2. The van der Waals surface area contributed by atoms with E-state index in [1.54, 1.807) is 26.5 Å². The van der Waals surface area contributed by atoms with Gasteiger partial charge in [0, 0.05) is 51.7 Å². The second kappa shape index (κ2) is 11.7. The number of aliphatic hydroxyl groups excluding tert-OH is 1. The van der Waals surface area contributed by atoms with E-state index in [9.17, 15) is 9.90 Å². The Labute approximate surface area is 211 Å². The van der Waals surface area contributed by atoms with Crippen molar-refractivity contribution in [2.45, 2.75) is 45.1 Å². The number of methoxy groups -OCH3 is 2. The first-order valence-electron chi connectivity index (χ1n) is 12.4. The number of carbonyl (C=O) groups excluding carboxylic acids is 1. The van der Waals surface area contributed by atoms with Crippen molar-refractivity contribution in [1.82, 2.24) is 19.9 Å². The number of H-pyrrole nitrogens is 1. The predicted octanol–water partition coefficient (Wildman–Crippen LogP) is 3.36. The number of Topliss-reactive ketones (excluding diaryl/α,β-unsaturated/α-hetero) is 1. The summed E-state index contributed by atoms with van der Waals surface area (Å²) in [6.07, 6.45) is 5.68. The van der Waals surface area contributed by atoms with Gasteiger partial charge in [0.2, 0.25) is 0 Å². The molecule has 10 heteroatoms. The molecule has 2 atom stereocenters. The number of aromatic amines is 1. The molecular formula is C26H35N5O5. The van der Waals surface area contributed by atoms with Crippen molar-refractivity contribution in [1.29, 1.82) is 0 Å². The summed E-state index contributed by atoms with van der Waals surface area (Å²) < 4.78 is 16.6. The van der Waals surface area contributed by atoms with Crippen molar-refractivity contribution in [3.63, 3.8) is 0 Å².